The number of hydrogen-bond acceptors (Lipinski definition) is 3. The summed E-state index contributed by atoms with van der Waals surface area (Å²) >= 11 is 0. The van der Waals surface area contributed by atoms with Crippen molar-refractivity contribution in [2.24, 2.45) is 0 Å². The summed E-state index contributed by atoms with van der Waals surface area (Å²) in [6.45, 7) is 5.96. The molecule has 3 atom stereocenters. The lowest BCUT2D eigenvalue weighted by Gasteiger charge is -2.35. The third-order valence-corrected chi connectivity index (χ3v) is 6.40. The molecule has 0 aromatic heterocycles. The minimum absolute atomic E-state index is 0.0667. The van der Waals surface area contributed by atoms with E-state index in [9.17, 15) is 8.42 Å². The zero-order chi connectivity index (χ0) is 14.0. The third kappa shape index (κ3) is 3.00. The van der Waals surface area contributed by atoms with Gasteiger partial charge in [-0.2, -0.15) is 0 Å². The van der Waals surface area contributed by atoms with Crippen molar-refractivity contribution < 1.29 is 8.42 Å². The van der Waals surface area contributed by atoms with Crippen LogP contribution in [0.3, 0.4) is 0 Å². The van der Waals surface area contributed by atoms with Gasteiger partial charge >= 0.3 is 0 Å². The Balaban J connectivity index is 2.30. The van der Waals surface area contributed by atoms with E-state index >= 15 is 0 Å². The lowest BCUT2D eigenvalue weighted by molar-refractivity contribution is 0.404. The van der Waals surface area contributed by atoms with Crippen molar-refractivity contribution in [3.05, 3.63) is 35.4 Å². The van der Waals surface area contributed by atoms with Crippen molar-refractivity contribution in [3.8, 4) is 0 Å². The molecule has 3 nitrogen and oxygen atoms in total. The van der Waals surface area contributed by atoms with Crippen molar-refractivity contribution in [2.75, 3.05) is 5.75 Å². The van der Waals surface area contributed by atoms with Crippen LogP contribution >= 0.6 is 0 Å². The van der Waals surface area contributed by atoms with E-state index in [0.29, 0.717) is 0 Å². The van der Waals surface area contributed by atoms with E-state index < -0.39 is 9.84 Å². The molecule has 1 N–H and O–H groups in total. The Morgan fingerprint density at radius 2 is 1.84 bits per heavy atom. The van der Waals surface area contributed by atoms with Crippen LogP contribution in [-0.2, 0) is 16.3 Å². The number of hydrogen-bond donors (Lipinski definition) is 1. The summed E-state index contributed by atoms with van der Waals surface area (Å²) in [5, 5.41) is 3.12. The molecule has 0 bridgehead atoms. The second-order valence-corrected chi connectivity index (χ2v) is 7.78. The van der Waals surface area contributed by atoms with Crippen LogP contribution in [0.1, 0.15) is 44.4 Å². The normalized spacial score (nSPS) is 30.2. The van der Waals surface area contributed by atoms with E-state index in [1.807, 2.05) is 13.8 Å². The van der Waals surface area contributed by atoms with E-state index in [-0.39, 0.29) is 23.1 Å². The highest BCUT2D eigenvalue weighted by Crippen LogP contribution is 2.28. The van der Waals surface area contributed by atoms with E-state index in [4.69, 9.17) is 0 Å². The van der Waals surface area contributed by atoms with Crippen LogP contribution in [0.15, 0.2) is 24.3 Å². The molecular weight excluding hydrogens is 258 g/mol. The smallest absolute Gasteiger partial charge is 0.156 e. The first-order valence-corrected chi connectivity index (χ1v) is 8.76. The maximum absolute atomic E-state index is 12.2. The average Bonchev–Trinajstić information content (AvgIpc) is 2.41. The molecule has 1 saturated heterocycles. The molecule has 1 aromatic carbocycles. The highest BCUT2D eigenvalue weighted by atomic mass is 32.2. The second kappa shape index (κ2) is 5.63. The minimum atomic E-state index is -3.00. The number of nitrogens with one attached hydrogen (secondary N) is 1. The van der Waals surface area contributed by atoms with Gasteiger partial charge in [0, 0.05) is 12.1 Å². The fourth-order valence-corrected chi connectivity index (χ4v) is 4.49. The molecule has 106 valence electrons. The highest BCUT2D eigenvalue weighted by molar-refractivity contribution is 7.92. The van der Waals surface area contributed by atoms with Gasteiger partial charge in [-0.1, -0.05) is 38.1 Å². The quantitative estimate of drug-likeness (QED) is 0.926. The van der Waals surface area contributed by atoms with Crippen molar-refractivity contribution in [1.29, 1.82) is 0 Å². The Labute approximate surface area is 116 Å². The molecule has 0 radical (unpaired) electrons. The average molecular weight is 281 g/mol. The Kier molecular flexibility index (Phi) is 4.31. The molecule has 0 amide bonds. The van der Waals surface area contributed by atoms with Gasteiger partial charge in [-0.3, -0.25) is 0 Å². The fraction of sp³-hybridized carbons (Fsp3) is 0.600. The van der Waals surface area contributed by atoms with Gasteiger partial charge in [0.2, 0.25) is 0 Å². The maximum Gasteiger partial charge on any atom is 0.156 e. The molecular formula is C15H23NO2S. The molecule has 1 aromatic rings. The summed E-state index contributed by atoms with van der Waals surface area (Å²) < 4.78 is 24.4. The zero-order valence-electron chi connectivity index (χ0n) is 11.9. The molecule has 1 heterocycles. The first-order valence-electron chi connectivity index (χ1n) is 7.04. The SMILES string of the molecule is CCc1ccc(C2NC(CC)CS(=O)(=O)C2C)cc1. The van der Waals surface area contributed by atoms with Crippen molar-refractivity contribution in [1.82, 2.24) is 5.32 Å². The maximum atomic E-state index is 12.2. The number of rotatable bonds is 3. The van der Waals surface area contributed by atoms with Crippen LogP contribution < -0.4 is 5.32 Å². The molecule has 1 aliphatic rings. The summed E-state index contributed by atoms with van der Waals surface area (Å²) in [6, 6.07) is 8.27. The second-order valence-electron chi connectivity index (χ2n) is 5.38. The van der Waals surface area contributed by atoms with Gasteiger partial charge in [0.25, 0.3) is 0 Å². The highest BCUT2D eigenvalue weighted by Gasteiger charge is 2.38. The molecule has 19 heavy (non-hydrogen) atoms. The number of aryl methyl sites for hydroxylation is 1. The van der Waals surface area contributed by atoms with E-state index in [0.717, 1.165) is 18.4 Å². The Bertz CT molecular complexity index is 522. The molecule has 0 aliphatic carbocycles. The number of sulfone groups is 1. The van der Waals surface area contributed by atoms with Crippen LogP contribution in [0, 0.1) is 0 Å². The van der Waals surface area contributed by atoms with Crippen LogP contribution in [0.2, 0.25) is 0 Å². The predicted molar refractivity (Wildman–Crippen MR) is 79.0 cm³/mol. The molecule has 1 aliphatic heterocycles. The molecule has 3 unspecified atom stereocenters. The lowest BCUT2D eigenvalue weighted by atomic mass is 10.00. The van der Waals surface area contributed by atoms with Gasteiger partial charge in [-0.15, -0.1) is 0 Å². The third-order valence-electron chi connectivity index (χ3n) is 4.12. The van der Waals surface area contributed by atoms with E-state index in [1.54, 1.807) is 0 Å². The van der Waals surface area contributed by atoms with E-state index in [1.165, 1.54) is 5.56 Å². The summed E-state index contributed by atoms with van der Waals surface area (Å²) in [4.78, 5) is 0. The van der Waals surface area contributed by atoms with Gasteiger partial charge in [0.1, 0.15) is 0 Å². The van der Waals surface area contributed by atoms with Crippen molar-refractivity contribution >= 4 is 9.84 Å². The Morgan fingerprint density at radius 3 is 2.37 bits per heavy atom. The minimum Gasteiger partial charge on any atom is -0.305 e. The lowest BCUT2D eigenvalue weighted by Crippen LogP contribution is -2.51. The number of benzene rings is 1. The Hall–Kier alpha value is -0.870. The van der Waals surface area contributed by atoms with Gasteiger partial charge in [-0.05, 0) is 30.9 Å². The molecule has 4 heteroatoms. The Morgan fingerprint density at radius 1 is 1.21 bits per heavy atom. The fourth-order valence-electron chi connectivity index (χ4n) is 2.64. The molecule has 2 rings (SSSR count). The summed E-state index contributed by atoms with van der Waals surface area (Å²) in [5.74, 6) is 0.258. The van der Waals surface area contributed by atoms with Gasteiger partial charge in [-0.25, -0.2) is 8.42 Å². The van der Waals surface area contributed by atoms with Crippen LogP contribution in [0.25, 0.3) is 0 Å². The first kappa shape index (κ1) is 14.5. The zero-order valence-corrected chi connectivity index (χ0v) is 12.7. The topological polar surface area (TPSA) is 46.2 Å². The first-order chi connectivity index (χ1) is 8.97. The standard InChI is InChI=1S/C15H23NO2S/c1-4-12-6-8-13(9-7-12)15-11(3)19(17,18)10-14(5-2)16-15/h6-9,11,14-16H,4-5,10H2,1-3H3. The molecule has 0 saturated carbocycles. The van der Waals surface area contributed by atoms with Gasteiger partial charge in [0.15, 0.2) is 9.84 Å². The van der Waals surface area contributed by atoms with Crippen LogP contribution in [-0.4, -0.2) is 25.5 Å². The van der Waals surface area contributed by atoms with Crippen LogP contribution in [0.5, 0.6) is 0 Å². The summed E-state index contributed by atoms with van der Waals surface area (Å²) in [6.07, 6.45) is 1.85. The van der Waals surface area contributed by atoms with Crippen LogP contribution in [0.4, 0.5) is 0 Å². The van der Waals surface area contributed by atoms with Gasteiger partial charge in [0.05, 0.1) is 11.0 Å². The van der Waals surface area contributed by atoms with Crippen molar-refractivity contribution in [2.45, 2.75) is 50.9 Å². The monoisotopic (exact) mass is 281 g/mol. The summed E-state index contributed by atoms with van der Waals surface area (Å²) in [5.41, 5.74) is 2.36. The summed E-state index contributed by atoms with van der Waals surface area (Å²) in [7, 11) is -3.00. The molecule has 0 spiro atoms. The largest absolute Gasteiger partial charge is 0.305 e. The van der Waals surface area contributed by atoms with Gasteiger partial charge < -0.3 is 5.32 Å². The van der Waals surface area contributed by atoms with E-state index in [2.05, 4.69) is 36.5 Å². The van der Waals surface area contributed by atoms with Crippen molar-refractivity contribution in [3.63, 3.8) is 0 Å². The predicted octanol–water partition coefficient (Wildman–Crippen LogP) is 2.48. The molecule has 1 fully saturated rings.